The van der Waals surface area contributed by atoms with Gasteiger partial charge in [-0.15, -0.1) is 0 Å². The summed E-state index contributed by atoms with van der Waals surface area (Å²) in [7, 11) is 0. The quantitative estimate of drug-likeness (QED) is 0.112. The molecule has 4 rings (SSSR count). The van der Waals surface area contributed by atoms with Gasteiger partial charge < -0.3 is 24.9 Å². The number of hydrogen-bond donors (Lipinski definition) is 2. The molecule has 45 heavy (non-hydrogen) atoms. The van der Waals surface area contributed by atoms with Gasteiger partial charge in [0.05, 0.1) is 22.7 Å². The number of unbranched alkanes of at least 4 members (excludes halogenated alkanes) is 7. The smallest absolute Gasteiger partial charge is 0.417 e. The normalized spacial score (nSPS) is 11.4. The minimum Gasteiger partial charge on any atom is -0.750 e. The molecule has 0 spiro atoms. The third-order valence-electron chi connectivity index (χ3n) is 7.24. The average Bonchev–Trinajstić information content (AvgIpc) is 3.43. The van der Waals surface area contributed by atoms with Crippen molar-refractivity contribution in [2.45, 2.75) is 64.5 Å². The van der Waals surface area contributed by atoms with Gasteiger partial charge in [0, 0.05) is 34.3 Å². The third kappa shape index (κ3) is 9.39. The molecule has 0 bridgehead atoms. The molecule has 0 atom stereocenters. The number of ether oxygens (including phenoxy) is 1. The second-order valence-electron chi connectivity index (χ2n) is 10.6. The number of carbonyl (C=O) groups is 2. The second-order valence-corrected chi connectivity index (χ2v) is 11.0. The summed E-state index contributed by atoms with van der Waals surface area (Å²) in [6, 6.07) is 15.2. The van der Waals surface area contributed by atoms with Gasteiger partial charge >= 0.3 is 18.3 Å². The van der Waals surface area contributed by atoms with Crippen LogP contribution in [-0.2, 0) is 10.9 Å². The van der Waals surface area contributed by atoms with Crippen LogP contribution in [0.15, 0.2) is 72.9 Å². The Morgan fingerprint density at radius 3 is 2.22 bits per heavy atom. The Morgan fingerprint density at radius 2 is 1.53 bits per heavy atom. The topological polar surface area (TPSA) is 98.7 Å². The molecule has 0 aliphatic carbocycles. The lowest BCUT2D eigenvalue weighted by atomic mass is 10.1. The summed E-state index contributed by atoms with van der Waals surface area (Å²) in [5.74, 6) is 0. The number of amides is 3. The van der Waals surface area contributed by atoms with Gasteiger partial charge in [-0.05, 0) is 73.2 Å². The van der Waals surface area contributed by atoms with E-state index in [9.17, 15) is 28.0 Å². The molecule has 240 valence electrons. The van der Waals surface area contributed by atoms with Gasteiger partial charge in [-0.3, -0.25) is 5.32 Å². The fraction of sp³-hybridized carbons (Fsp3) is 0.333. The van der Waals surface area contributed by atoms with E-state index >= 15 is 0 Å². The molecule has 0 unspecified atom stereocenters. The molecule has 4 aromatic rings. The summed E-state index contributed by atoms with van der Waals surface area (Å²) in [4.78, 5) is 24.7. The third-order valence-corrected chi connectivity index (χ3v) is 7.57. The Hall–Kier alpha value is -4.22. The SMILES string of the molecule is CCCCCCCCCCOC(=O)Nc1ccc2c(ccn2-c2ccc(NC(=O)N([O-])c3ccc(Cl)c(C(F)(F)F)c3)cc2)c1. The molecule has 0 aliphatic rings. The lowest BCUT2D eigenvalue weighted by Gasteiger charge is -2.29. The summed E-state index contributed by atoms with van der Waals surface area (Å²) in [6.45, 7) is 2.58. The molecular weight excluding hydrogens is 609 g/mol. The van der Waals surface area contributed by atoms with Gasteiger partial charge in [-0.1, -0.05) is 63.5 Å². The van der Waals surface area contributed by atoms with E-state index in [2.05, 4.69) is 17.6 Å². The molecule has 12 heteroatoms. The number of aromatic nitrogens is 1. The molecule has 1 aromatic heterocycles. The maximum Gasteiger partial charge on any atom is 0.417 e. The van der Waals surface area contributed by atoms with Gasteiger partial charge in [0.25, 0.3) is 0 Å². The first-order valence-electron chi connectivity index (χ1n) is 14.9. The molecule has 0 saturated heterocycles. The molecule has 8 nitrogen and oxygen atoms in total. The minimum absolute atomic E-state index is 0.170. The highest BCUT2D eigenvalue weighted by atomic mass is 35.5. The zero-order chi connectivity index (χ0) is 32.4. The fourth-order valence-electron chi connectivity index (χ4n) is 4.85. The van der Waals surface area contributed by atoms with Gasteiger partial charge in [0.15, 0.2) is 0 Å². The number of fused-ring (bicyclic) bond motifs is 1. The highest BCUT2D eigenvalue weighted by molar-refractivity contribution is 6.31. The number of nitrogens with zero attached hydrogens (tertiary/aromatic N) is 2. The first-order chi connectivity index (χ1) is 21.6. The highest BCUT2D eigenvalue weighted by Gasteiger charge is 2.33. The van der Waals surface area contributed by atoms with Crippen LogP contribution in [0.5, 0.6) is 0 Å². The Balaban J connectivity index is 1.29. The molecule has 0 fully saturated rings. The molecule has 3 amide bonds. The number of urea groups is 1. The maximum atomic E-state index is 13.1. The van der Waals surface area contributed by atoms with E-state index in [4.69, 9.17) is 16.3 Å². The van der Waals surface area contributed by atoms with Crippen LogP contribution in [-0.4, -0.2) is 23.3 Å². The zero-order valence-corrected chi connectivity index (χ0v) is 25.6. The summed E-state index contributed by atoms with van der Waals surface area (Å²) < 4.78 is 46.6. The van der Waals surface area contributed by atoms with Crippen LogP contribution in [0.4, 0.5) is 39.8 Å². The van der Waals surface area contributed by atoms with Gasteiger partial charge in [0.1, 0.15) is 0 Å². The van der Waals surface area contributed by atoms with Crippen LogP contribution in [0.1, 0.15) is 63.9 Å². The predicted octanol–water partition coefficient (Wildman–Crippen LogP) is 10.5. The van der Waals surface area contributed by atoms with Gasteiger partial charge in [-0.25, -0.2) is 9.59 Å². The summed E-state index contributed by atoms with van der Waals surface area (Å²) in [6.07, 6.45) is 5.89. The number of nitrogens with one attached hydrogen (secondary N) is 2. The van der Waals surface area contributed by atoms with Gasteiger partial charge in [0.2, 0.25) is 0 Å². The summed E-state index contributed by atoms with van der Waals surface area (Å²) in [5.41, 5.74) is 0.756. The Kier molecular flexibility index (Phi) is 11.7. The number of halogens is 4. The average molecular weight is 644 g/mol. The standard InChI is InChI=1S/C33H35ClF3N4O4/c1-2-3-4-5-6-7-8-9-20-45-32(43)39-25-12-17-30-23(21-25)18-19-40(30)26-13-10-24(11-14-26)38-31(42)41(44)27-15-16-29(34)28(22-27)33(35,36)37/h10-19,21-22H,2-9,20H2,1H3,(H,38,42)(H,39,43)/q-1. The first-order valence-corrected chi connectivity index (χ1v) is 15.2. The van der Waals surface area contributed by atoms with Crippen molar-refractivity contribution in [3.8, 4) is 5.69 Å². The molecule has 0 radical (unpaired) electrons. The van der Waals surface area contributed by atoms with Crippen molar-refractivity contribution >= 4 is 51.7 Å². The summed E-state index contributed by atoms with van der Waals surface area (Å²) >= 11 is 5.59. The maximum absolute atomic E-state index is 13.1. The summed E-state index contributed by atoms with van der Waals surface area (Å²) in [5, 5.41) is 17.7. The van der Waals surface area contributed by atoms with E-state index < -0.39 is 34.6 Å². The van der Waals surface area contributed by atoms with Crippen LogP contribution in [0.2, 0.25) is 5.02 Å². The van der Waals surface area contributed by atoms with Crippen LogP contribution in [0.25, 0.3) is 16.6 Å². The number of carbonyl (C=O) groups excluding carboxylic acids is 2. The number of benzene rings is 3. The first kappa shape index (κ1) is 33.7. The lowest BCUT2D eigenvalue weighted by Crippen LogP contribution is -2.29. The van der Waals surface area contributed by atoms with Crippen molar-refractivity contribution < 1.29 is 27.5 Å². The number of hydrogen-bond acceptors (Lipinski definition) is 4. The van der Waals surface area contributed by atoms with Crippen LogP contribution >= 0.6 is 11.6 Å². The molecule has 2 N–H and O–H groups in total. The Morgan fingerprint density at radius 1 is 0.867 bits per heavy atom. The van der Waals surface area contributed by atoms with E-state index in [0.717, 1.165) is 48.0 Å². The Bertz CT molecular complexity index is 1590. The van der Waals surface area contributed by atoms with Crippen molar-refractivity contribution in [3.05, 3.63) is 88.7 Å². The predicted molar refractivity (Wildman–Crippen MR) is 172 cm³/mol. The molecule has 3 aromatic carbocycles. The molecule has 1 heterocycles. The minimum atomic E-state index is -4.78. The van der Waals surface area contributed by atoms with Crippen molar-refractivity contribution in [1.29, 1.82) is 0 Å². The van der Waals surface area contributed by atoms with E-state index in [1.165, 1.54) is 32.1 Å². The largest absolute Gasteiger partial charge is 0.750 e. The van der Waals surface area contributed by atoms with Crippen LogP contribution < -0.4 is 15.7 Å². The van der Waals surface area contributed by atoms with E-state index in [-0.39, 0.29) is 10.8 Å². The van der Waals surface area contributed by atoms with Crippen LogP contribution in [0.3, 0.4) is 0 Å². The monoisotopic (exact) mass is 643 g/mol. The highest BCUT2D eigenvalue weighted by Crippen LogP contribution is 2.37. The molecule has 0 saturated carbocycles. The second kappa shape index (κ2) is 15.7. The molecule has 0 aliphatic heterocycles. The number of alkyl halides is 3. The number of hydroxylamine groups is 1. The fourth-order valence-corrected chi connectivity index (χ4v) is 5.08. The van der Waals surface area contributed by atoms with Crippen molar-refractivity contribution in [2.24, 2.45) is 0 Å². The van der Waals surface area contributed by atoms with E-state index in [1.807, 2.05) is 29.0 Å². The van der Waals surface area contributed by atoms with Crippen molar-refractivity contribution in [1.82, 2.24) is 4.57 Å². The van der Waals surface area contributed by atoms with E-state index in [1.54, 1.807) is 30.3 Å². The number of rotatable bonds is 13. The van der Waals surface area contributed by atoms with Crippen molar-refractivity contribution in [2.75, 3.05) is 22.3 Å². The van der Waals surface area contributed by atoms with Crippen LogP contribution in [0, 0.1) is 5.21 Å². The van der Waals surface area contributed by atoms with Crippen molar-refractivity contribution in [3.63, 3.8) is 0 Å². The van der Waals surface area contributed by atoms with Gasteiger partial charge in [-0.2, -0.15) is 13.2 Å². The molecular formula is C33H35ClF3N4O4-. The number of anilines is 3. The zero-order valence-electron chi connectivity index (χ0n) is 24.8. The van der Waals surface area contributed by atoms with E-state index in [0.29, 0.717) is 18.4 Å². The lowest BCUT2D eigenvalue weighted by molar-refractivity contribution is -0.137. The Labute approximate surface area is 264 Å².